The fourth-order valence-corrected chi connectivity index (χ4v) is 0.671. The molecule has 0 atom stereocenters. The van der Waals surface area contributed by atoms with Crippen molar-refractivity contribution >= 4 is 0 Å². The van der Waals surface area contributed by atoms with Crippen LogP contribution >= 0.6 is 0 Å². The summed E-state index contributed by atoms with van der Waals surface area (Å²) in [7, 11) is 2.29. The van der Waals surface area contributed by atoms with Gasteiger partial charge in [0.2, 0.25) is 0 Å². The quantitative estimate of drug-likeness (QED) is 0.562. The Kier molecular flexibility index (Phi) is 9.79. The van der Waals surface area contributed by atoms with Gasteiger partial charge < -0.3 is 4.48 Å². The minimum Gasteiger partial charge on any atom is -0.327 e. The molecular formula is C9H23FN+. The average molecular weight is 164 g/mol. The molecule has 0 unspecified atom stereocenters. The summed E-state index contributed by atoms with van der Waals surface area (Å²) >= 11 is 0. The van der Waals surface area contributed by atoms with E-state index in [0.717, 1.165) is 0 Å². The first kappa shape index (κ1) is 13.5. The van der Waals surface area contributed by atoms with Gasteiger partial charge >= 0.3 is 0 Å². The van der Waals surface area contributed by atoms with Crippen molar-refractivity contribution in [3.05, 3.63) is 0 Å². The van der Waals surface area contributed by atoms with Gasteiger partial charge in [0, 0.05) is 0 Å². The third-order valence-electron chi connectivity index (χ3n) is 2.29. The number of rotatable bonds is 3. The second-order valence-electron chi connectivity index (χ2n) is 2.84. The highest BCUT2D eigenvalue weighted by Crippen LogP contribution is 1.97. The Balaban J connectivity index is 0. The summed E-state index contributed by atoms with van der Waals surface area (Å²) in [6, 6.07) is 0. The van der Waals surface area contributed by atoms with E-state index in [-0.39, 0.29) is 6.67 Å². The molecule has 11 heavy (non-hydrogen) atoms. The van der Waals surface area contributed by atoms with E-state index in [9.17, 15) is 4.39 Å². The first-order valence-corrected chi connectivity index (χ1v) is 4.49. The monoisotopic (exact) mass is 164 g/mol. The standard InChI is InChI=1S/C7H18N.C2H5F/c1-5-8(4,6-2)7-3;1-2-3/h5-7H2,1-4H3;2H2,1H3/q+1;. The lowest BCUT2D eigenvalue weighted by molar-refractivity contribution is -0.904. The Morgan fingerprint density at radius 2 is 1.09 bits per heavy atom. The molecule has 0 radical (unpaired) electrons. The van der Waals surface area contributed by atoms with Crippen molar-refractivity contribution in [3.8, 4) is 0 Å². The van der Waals surface area contributed by atoms with Gasteiger partial charge in [0.05, 0.1) is 33.4 Å². The molecule has 70 valence electrons. The van der Waals surface area contributed by atoms with Gasteiger partial charge in [-0.1, -0.05) is 0 Å². The lowest BCUT2D eigenvalue weighted by atomic mass is 10.4. The fourth-order valence-electron chi connectivity index (χ4n) is 0.671. The topological polar surface area (TPSA) is 0 Å². The first-order chi connectivity index (χ1) is 5.10. The van der Waals surface area contributed by atoms with Crippen LogP contribution in [-0.2, 0) is 0 Å². The van der Waals surface area contributed by atoms with Crippen LogP contribution in [0, 0.1) is 0 Å². The molecule has 0 fully saturated rings. The maximum Gasteiger partial charge on any atom is 0.0866 e. The Labute approximate surface area is 70.8 Å². The predicted molar refractivity (Wildman–Crippen MR) is 49.5 cm³/mol. The van der Waals surface area contributed by atoms with Crippen molar-refractivity contribution in [3.63, 3.8) is 0 Å². The molecule has 0 saturated heterocycles. The van der Waals surface area contributed by atoms with Crippen LogP contribution in [0.4, 0.5) is 4.39 Å². The summed E-state index contributed by atoms with van der Waals surface area (Å²) in [5, 5.41) is 0. The van der Waals surface area contributed by atoms with Gasteiger partial charge in [0.1, 0.15) is 0 Å². The Hall–Kier alpha value is -0.110. The summed E-state index contributed by atoms with van der Waals surface area (Å²) in [6.07, 6.45) is 0. The molecule has 0 bridgehead atoms. The van der Waals surface area contributed by atoms with Crippen LogP contribution in [0.2, 0.25) is 0 Å². The van der Waals surface area contributed by atoms with Crippen molar-refractivity contribution < 1.29 is 8.87 Å². The van der Waals surface area contributed by atoms with Crippen LogP contribution in [0.5, 0.6) is 0 Å². The van der Waals surface area contributed by atoms with Gasteiger partial charge in [-0.15, -0.1) is 0 Å². The minimum absolute atomic E-state index is 0.250. The molecule has 0 aliphatic carbocycles. The predicted octanol–water partition coefficient (Wildman–Crippen LogP) is 2.47. The van der Waals surface area contributed by atoms with Crippen molar-refractivity contribution in [2.24, 2.45) is 0 Å². The molecule has 0 heterocycles. The van der Waals surface area contributed by atoms with Crippen LogP contribution in [0.3, 0.4) is 0 Å². The molecule has 0 aromatic heterocycles. The zero-order valence-electron chi connectivity index (χ0n) is 8.65. The first-order valence-electron chi connectivity index (χ1n) is 4.49. The summed E-state index contributed by atoms with van der Waals surface area (Å²) in [5.41, 5.74) is 0. The molecule has 0 aliphatic rings. The van der Waals surface area contributed by atoms with Crippen LogP contribution in [0.15, 0.2) is 0 Å². The summed E-state index contributed by atoms with van der Waals surface area (Å²) in [6.45, 7) is 11.7. The molecular weight excluding hydrogens is 141 g/mol. The van der Waals surface area contributed by atoms with E-state index < -0.39 is 0 Å². The van der Waals surface area contributed by atoms with Crippen molar-refractivity contribution in [2.45, 2.75) is 27.7 Å². The number of alkyl halides is 1. The van der Waals surface area contributed by atoms with Gasteiger partial charge in [-0.25, -0.2) is 0 Å². The normalized spacial score (nSPS) is 10.4. The summed E-state index contributed by atoms with van der Waals surface area (Å²) < 4.78 is 11.5. The molecule has 0 amide bonds. The maximum atomic E-state index is 10.3. The van der Waals surface area contributed by atoms with Crippen LogP contribution in [-0.4, -0.2) is 37.8 Å². The number of hydrogen-bond acceptors (Lipinski definition) is 0. The zero-order chi connectivity index (χ0) is 9.33. The van der Waals surface area contributed by atoms with Gasteiger partial charge in [0.15, 0.2) is 0 Å². The smallest absolute Gasteiger partial charge is 0.0866 e. The molecule has 0 aliphatic heterocycles. The molecule has 0 saturated carbocycles. The van der Waals surface area contributed by atoms with E-state index in [2.05, 4.69) is 27.8 Å². The second-order valence-corrected chi connectivity index (χ2v) is 2.84. The molecule has 0 rings (SSSR count). The SMILES string of the molecule is CCF.CC[N+](C)(CC)CC. The van der Waals surface area contributed by atoms with Crippen LogP contribution in [0.25, 0.3) is 0 Å². The number of halogens is 1. The van der Waals surface area contributed by atoms with Gasteiger partial charge in [-0.05, 0) is 27.7 Å². The van der Waals surface area contributed by atoms with Crippen LogP contribution in [0.1, 0.15) is 27.7 Å². The van der Waals surface area contributed by atoms with E-state index in [1.807, 2.05) is 0 Å². The molecule has 2 heteroatoms. The van der Waals surface area contributed by atoms with E-state index in [1.165, 1.54) is 31.0 Å². The van der Waals surface area contributed by atoms with Gasteiger partial charge in [-0.2, -0.15) is 0 Å². The highest BCUT2D eigenvalue weighted by molar-refractivity contribution is 4.24. The van der Waals surface area contributed by atoms with Crippen molar-refractivity contribution in [2.75, 3.05) is 33.4 Å². The average Bonchev–Trinajstić information content (AvgIpc) is 2.05. The number of nitrogens with zero attached hydrogens (tertiary/aromatic N) is 1. The lowest BCUT2D eigenvalue weighted by Crippen LogP contribution is -2.42. The molecule has 1 nitrogen and oxygen atoms in total. The molecule has 0 aromatic rings. The highest BCUT2D eigenvalue weighted by atomic mass is 19.1. The van der Waals surface area contributed by atoms with Crippen molar-refractivity contribution in [1.29, 1.82) is 0 Å². The zero-order valence-corrected chi connectivity index (χ0v) is 8.65. The Morgan fingerprint density at radius 1 is 0.909 bits per heavy atom. The number of hydrogen-bond donors (Lipinski definition) is 0. The third-order valence-corrected chi connectivity index (χ3v) is 2.29. The third kappa shape index (κ3) is 7.79. The van der Waals surface area contributed by atoms with E-state index in [0.29, 0.717) is 0 Å². The largest absolute Gasteiger partial charge is 0.327 e. The van der Waals surface area contributed by atoms with E-state index in [1.54, 1.807) is 0 Å². The van der Waals surface area contributed by atoms with Crippen molar-refractivity contribution in [1.82, 2.24) is 0 Å². The van der Waals surface area contributed by atoms with E-state index in [4.69, 9.17) is 0 Å². The summed E-state index contributed by atoms with van der Waals surface area (Å²) in [4.78, 5) is 0. The Bertz CT molecular complexity index is 61.7. The second kappa shape index (κ2) is 7.99. The number of quaternary nitrogens is 1. The summed E-state index contributed by atoms with van der Waals surface area (Å²) in [5.74, 6) is 0. The fraction of sp³-hybridized carbons (Fsp3) is 1.00. The van der Waals surface area contributed by atoms with Gasteiger partial charge in [0.25, 0.3) is 0 Å². The Morgan fingerprint density at radius 3 is 1.09 bits per heavy atom. The highest BCUT2D eigenvalue weighted by Gasteiger charge is 2.10. The van der Waals surface area contributed by atoms with Gasteiger partial charge in [-0.3, -0.25) is 4.39 Å². The molecule has 0 N–H and O–H groups in total. The lowest BCUT2D eigenvalue weighted by Gasteiger charge is -2.30. The minimum atomic E-state index is -0.250. The van der Waals surface area contributed by atoms with E-state index >= 15 is 0 Å². The molecule has 0 aromatic carbocycles. The maximum absolute atomic E-state index is 10.3. The molecule has 0 spiro atoms. The van der Waals surface area contributed by atoms with Crippen LogP contribution < -0.4 is 0 Å².